The molecule has 1 aliphatic carbocycles. The predicted octanol–water partition coefficient (Wildman–Crippen LogP) is 4.28. The van der Waals surface area contributed by atoms with Gasteiger partial charge >= 0.3 is 6.09 Å². The Bertz CT molecular complexity index is 1410. The molecule has 5 rings (SSSR count). The highest BCUT2D eigenvalue weighted by Crippen LogP contribution is 2.39. The Balaban J connectivity index is 1.60. The molecule has 2 atom stereocenters. The number of alkyl halides is 2. The maximum absolute atomic E-state index is 14.4. The largest absolute Gasteiger partial charge is 0.446 e. The van der Waals surface area contributed by atoms with Gasteiger partial charge in [-0.05, 0) is 30.3 Å². The van der Waals surface area contributed by atoms with Crippen LogP contribution in [0.1, 0.15) is 24.4 Å². The summed E-state index contributed by atoms with van der Waals surface area (Å²) in [5.74, 6) is -5.38. The maximum atomic E-state index is 14.4. The Morgan fingerprint density at radius 2 is 1.82 bits per heavy atom. The van der Waals surface area contributed by atoms with Gasteiger partial charge in [0.25, 0.3) is 11.8 Å². The van der Waals surface area contributed by atoms with Gasteiger partial charge < -0.3 is 10.1 Å². The molecular formula is C26H21ClF3N5O4. The van der Waals surface area contributed by atoms with Gasteiger partial charge in [0.05, 0.1) is 0 Å². The van der Waals surface area contributed by atoms with Crippen molar-refractivity contribution in [2.24, 2.45) is 0 Å². The molecule has 1 saturated carbocycles. The summed E-state index contributed by atoms with van der Waals surface area (Å²) in [6.45, 7) is -0.409. The van der Waals surface area contributed by atoms with E-state index in [2.05, 4.69) is 15.3 Å². The minimum atomic E-state index is -2.91. The highest BCUT2D eigenvalue weighted by atomic mass is 35.5. The lowest BCUT2D eigenvalue weighted by molar-refractivity contribution is -0.133. The number of aromatic nitrogens is 2. The molecule has 1 unspecified atom stereocenters. The molecule has 3 aromatic rings. The average molecular weight is 560 g/mol. The van der Waals surface area contributed by atoms with Crippen LogP contribution in [0.15, 0.2) is 67.0 Å². The second kappa shape index (κ2) is 10.5. The Labute approximate surface area is 225 Å². The number of halogens is 4. The van der Waals surface area contributed by atoms with Gasteiger partial charge in [0, 0.05) is 47.6 Å². The molecular weight excluding hydrogens is 539 g/mol. The zero-order valence-electron chi connectivity index (χ0n) is 20.1. The summed E-state index contributed by atoms with van der Waals surface area (Å²) in [7, 11) is 0. The van der Waals surface area contributed by atoms with Crippen molar-refractivity contribution in [3.63, 3.8) is 0 Å². The van der Waals surface area contributed by atoms with Crippen molar-refractivity contribution in [2.45, 2.75) is 36.9 Å². The van der Waals surface area contributed by atoms with Crippen molar-refractivity contribution in [2.75, 3.05) is 16.4 Å². The van der Waals surface area contributed by atoms with Crippen LogP contribution in [-0.2, 0) is 14.3 Å². The number of nitrogens with zero attached hydrogens (tertiary/aromatic N) is 4. The molecule has 1 saturated heterocycles. The fraction of sp³-hybridized carbons (Fsp3) is 0.269. The van der Waals surface area contributed by atoms with E-state index >= 15 is 0 Å². The number of carbonyl (C=O) groups is 3. The highest BCUT2D eigenvalue weighted by Gasteiger charge is 2.49. The van der Waals surface area contributed by atoms with Gasteiger partial charge in [-0.2, -0.15) is 0 Å². The van der Waals surface area contributed by atoms with Crippen LogP contribution in [-0.4, -0.2) is 52.5 Å². The molecule has 1 aliphatic heterocycles. The summed E-state index contributed by atoms with van der Waals surface area (Å²) in [5, 5.41) is 2.66. The van der Waals surface area contributed by atoms with E-state index in [4.69, 9.17) is 16.3 Å². The van der Waals surface area contributed by atoms with E-state index in [1.54, 1.807) is 12.1 Å². The van der Waals surface area contributed by atoms with Crippen LogP contribution in [0.5, 0.6) is 0 Å². The zero-order chi connectivity index (χ0) is 27.7. The summed E-state index contributed by atoms with van der Waals surface area (Å²) < 4.78 is 46.6. The van der Waals surface area contributed by atoms with Crippen LogP contribution in [0, 0.1) is 5.82 Å². The summed E-state index contributed by atoms with van der Waals surface area (Å²) in [6.07, 6.45) is 0.717. The lowest BCUT2D eigenvalue weighted by Gasteiger charge is -2.39. The number of benzene rings is 2. The Kier molecular flexibility index (Phi) is 7.13. The number of ether oxygens (including phenoxy) is 1. The SMILES string of the molecule is O=C(NC1CC(F)(F)C1)[C@H](c1ccccc1Cl)N(C(=O)C1COC(=O)N1c1ncccn1)c1cccc(F)c1. The third-order valence-corrected chi connectivity index (χ3v) is 6.74. The van der Waals surface area contributed by atoms with E-state index in [1.807, 2.05) is 0 Å². The minimum absolute atomic E-state index is 0.0349. The fourth-order valence-corrected chi connectivity index (χ4v) is 4.81. The summed E-state index contributed by atoms with van der Waals surface area (Å²) in [6, 6.07) is 8.93. The molecule has 9 nitrogen and oxygen atoms in total. The highest BCUT2D eigenvalue weighted by molar-refractivity contribution is 6.31. The van der Waals surface area contributed by atoms with Gasteiger partial charge in [0.1, 0.15) is 18.5 Å². The molecule has 0 bridgehead atoms. The van der Waals surface area contributed by atoms with Crippen molar-refractivity contribution < 1.29 is 32.3 Å². The summed E-state index contributed by atoms with van der Waals surface area (Å²) in [5.41, 5.74) is 0.125. The normalized spacial score (nSPS) is 19.1. The van der Waals surface area contributed by atoms with E-state index in [-0.39, 0.29) is 22.2 Å². The molecule has 2 fully saturated rings. The molecule has 1 N–H and O–H groups in total. The Hall–Kier alpha value is -4.19. The Morgan fingerprint density at radius 3 is 2.49 bits per heavy atom. The van der Waals surface area contributed by atoms with E-state index < -0.39 is 67.2 Å². The van der Waals surface area contributed by atoms with Crippen molar-refractivity contribution in [3.05, 3.63) is 83.4 Å². The van der Waals surface area contributed by atoms with Gasteiger partial charge in [0.2, 0.25) is 11.9 Å². The van der Waals surface area contributed by atoms with Gasteiger partial charge in [-0.25, -0.2) is 32.8 Å². The smallest absolute Gasteiger partial charge is 0.417 e. The molecule has 0 radical (unpaired) electrons. The second-order valence-electron chi connectivity index (χ2n) is 9.09. The molecule has 3 amide bonds. The number of hydrogen-bond acceptors (Lipinski definition) is 6. The number of carbonyl (C=O) groups excluding carboxylic acids is 3. The van der Waals surface area contributed by atoms with Crippen molar-refractivity contribution in [1.82, 2.24) is 15.3 Å². The van der Waals surface area contributed by atoms with E-state index in [9.17, 15) is 27.6 Å². The van der Waals surface area contributed by atoms with Crippen molar-refractivity contribution in [3.8, 4) is 0 Å². The van der Waals surface area contributed by atoms with Gasteiger partial charge in [-0.1, -0.05) is 35.9 Å². The van der Waals surface area contributed by atoms with Gasteiger partial charge in [-0.15, -0.1) is 0 Å². The number of amides is 3. The number of cyclic esters (lactones) is 1. The van der Waals surface area contributed by atoms with Crippen LogP contribution in [0.3, 0.4) is 0 Å². The van der Waals surface area contributed by atoms with Crippen LogP contribution < -0.4 is 15.1 Å². The topological polar surface area (TPSA) is 105 Å². The lowest BCUT2D eigenvalue weighted by Crippen LogP contribution is -2.56. The first-order valence-corrected chi connectivity index (χ1v) is 12.3. The first-order chi connectivity index (χ1) is 18.6. The number of anilines is 2. The molecule has 13 heteroatoms. The van der Waals surface area contributed by atoms with Gasteiger partial charge in [-0.3, -0.25) is 14.5 Å². The lowest BCUT2D eigenvalue weighted by atomic mass is 9.87. The third-order valence-electron chi connectivity index (χ3n) is 6.39. The van der Waals surface area contributed by atoms with Crippen LogP contribution >= 0.6 is 11.6 Å². The summed E-state index contributed by atoms with van der Waals surface area (Å²) >= 11 is 6.45. The standard InChI is InChI=1S/C26H21ClF3N5O4/c27-19-8-2-1-7-18(19)21(22(36)33-16-12-26(29,30)13-16)34(17-6-3-5-15(28)11-17)23(37)20-14-39-25(38)35(20)24-31-9-4-10-32-24/h1-11,16,20-21H,12-14H2,(H,33,36)/t20?,21-/m0/s1. The van der Waals surface area contributed by atoms with Crippen LogP contribution in [0.25, 0.3) is 0 Å². The maximum Gasteiger partial charge on any atom is 0.417 e. The van der Waals surface area contributed by atoms with E-state index in [0.29, 0.717) is 0 Å². The van der Waals surface area contributed by atoms with E-state index in [0.717, 1.165) is 21.9 Å². The first-order valence-electron chi connectivity index (χ1n) is 11.9. The first kappa shape index (κ1) is 26.4. The second-order valence-corrected chi connectivity index (χ2v) is 9.50. The molecule has 202 valence electrons. The average Bonchev–Trinajstić information content (AvgIpc) is 3.28. The quantitative estimate of drug-likeness (QED) is 0.463. The molecule has 1 aromatic heterocycles. The number of hydrogen-bond donors (Lipinski definition) is 1. The number of rotatable bonds is 7. The molecule has 0 spiro atoms. The molecule has 39 heavy (non-hydrogen) atoms. The molecule has 2 aliphatic rings. The zero-order valence-corrected chi connectivity index (χ0v) is 20.9. The minimum Gasteiger partial charge on any atom is -0.446 e. The Morgan fingerprint density at radius 1 is 1.10 bits per heavy atom. The van der Waals surface area contributed by atoms with Gasteiger partial charge in [0.15, 0.2) is 6.04 Å². The van der Waals surface area contributed by atoms with Crippen LogP contribution in [0.4, 0.5) is 29.6 Å². The summed E-state index contributed by atoms with van der Waals surface area (Å²) in [4.78, 5) is 50.5. The van der Waals surface area contributed by atoms with Crippen LogP contribution in [0.2, 0.25) is 5.02 Å². The monoisotopic (exact) mass is 559 g/mol. The van der Waals surface area contributed by atoms with E-state index in [1.165, 1.54) is 42.7 Å². The van der Waals surface area contributed by atoms with Crippen molar-refractivity contribution >= 4 is 41.1 Å². The predicted molar refractivity (Wildman–Crippen MR) is 134 cm³/mol. The number of nitrogens with one attached hydrogen (secondary N) is 1. The molecule has 2 heterocycles. The van der Waals surface area contributed by atoms with Crippen molar-refractivity contribution in [1.29, 1.82) is 0 Å². The third kappa shape index (κ3) is 5.37. The fourth-order valence-electron chi connectivity index (χ4n) is 4.57. The molecule has 2 aromatic carbocycles.